The zero-order chi connectivity index (χ0) is 18.5. The smallest absolute Gasteiger partial charge is 0.150 e. The molecular weight excluding hydrogens is 298 g/mol. The molecule has 5 nitrogen and oxygen atoms in total. The maximum Gasteiger partial charge on any atom is 0.150 e. The van der Waals surface area contributed by atoms with Gasteiger partial charge in [0.2, 0.25) is 0 Å². The minimum absolute atomic E-state index is 0.568. The highest BCUT2D eigenvalue weighted by atomic mass is 15.4. The molecule has 0 unspecified atom stereocenters. The molecule has 0 amide bonds. The molecule has 1 aliphatic heterocycles. The van der Waals surface area contributed by atoms with Gasteiger partial charge in [0.15, 0.2) is 5.82 Å². The van der Waals surface area contributed by atoms with Gasteiger partial charge < -0.3 is 10.7 Å². The highest BCUT2D eigenvalue weighted by Gasteiger charge is 2.19. The summed E-state index contributed by atoms with van der Waals surface area (Å²) in [4.78, 5) is 6.94. The number of aromatic nitrogens is 2. The summed E-state index contributed by atoms with van der Waals surface area (Å²) < 4.78 is 2.04. The number of hydrogen-bond donors (Lipinski definition) is 2. The highest BCUT2D eigenvalue weighted by molar-refractivity contribution is 5.42. The lowest BCUT2D eigenvalue weighted by Gasteiger charge is -2.35. The third kappa shape index (κ3) is 7.05. The molecule has 2 N–H and O–H groups in total. The van der Waals surface area contributed by atoms with Crippen LogP contribution in [0.1, 0.15) is 60.0 Å². The van der Waals surface area contributed by atoms with Crippen LogP contribution < -0.4 is 10.7 Å². The Morgan fingerprint density at radius 3 is 2.29 bits per heavy atom. The predicted octanol–water partition coefficient (Wildman–Crippen LogP) is 3.37. The number of rotatable bonds is 5. The standard InChI is InChI=1S/C15H27N5.2C2H6/c1-5-14-9-17-15(20(14)16-4)7-6-8-19-10-12(2)18-13(3)11-19;2*1-2/h6-7,9,12-13,16,18H,5,8,10-11H2,1-4H3;2*1-2H3/b7-6-;;/t12-,13+;;. The van der Waals surface area contributed by atoms with Crippen molar-refractivity contribution >= 4 is 6.08 Å². The Bertz CT molecular complexity index is 443. The Morgan fingerprint density at radius 2 is 1.79 bits per heavy atom. The molecule has 1 aliphatic rings. The number of hydrogen-bond acceptors (Lipinski definition) is 4. The minimum atomic E-state index is 0.568. The average Bonchev–Trinajstić information content (AvgIpc) is 2.99. The normalized spacial score (nSPS) is 20.8. The van der Waals surface area contributed by atoms with Crippen molar-refractivity contribution in [1.29, 1.82) is 0 Å². The van der Waals surface area contributed by atoms with Crippen molar-refractivity contribution in [2.45, 2.75) is 67.0 Å². The van der Waals surface area contributed by atoms with Crippen LogP contribution in [0.25, 0.3) is 6.08 Å². The van der Waals surface area contributed by atoms with E-state index >= 15 is 0 Å². The molecule has 0 spiro atoms. The van der Waals surface area contributed by atoms with Crippen LogP contribution in [0.15, 0.2) is 12.3 Å². The molecule has 140 valence electrons. The molecule has 2 heterocycles. The fourth-order valence-corrected chi connectivity index (χ4v) is 2.92. The molecular formula is C19H39N5. The van der Waals surface area contributed by atoms with Gasteiger partial charge in [0.1, 0.15) is 0 Å². The second-order valence-corrected chi connectivity index (χ2v) is 5.61. The Morgan fingerprint density at radius 1 is 1.21 bits per heavy atom. The van der Waals surface area contributed by atoms with E-state index in [-0.39, 0.29) is 0 Å². The van der Waals surface area contributed by atoms with E-state index in [1.54, 1.807) is 0 Å². The summed E-state index contributed by atoms with van der Waals surface area (Å²) in [7, 11) is 1.93. The van der Waals surface area contributed by atoms with Crippen molar-refractivity contribution in [2.75, 3.05) is 32.1 Å². The van der Waals surface area contributed by atoms with Gasteiger partial charge in [0.25, 0.3) is 0 Å². The quantitative estimate of drug-likeness (QED) is 0.865. The summed E-state index contributed by atoms with van der Waals surface area (Å²) in [5.41, 5.74) is 4.38. The lowest BCUT2D eigenvalue weighted by atomic mass is 10.1. The number of nitrogens with one attached hydrogen (secondary N) is 2. The number of nitrogens with zero attached hydrogens (tertiary/aromatic N) is 3. The van der Waals surface area contributed by atoms with Crippen molar-refractivity contribution < 1.29 is 0 Å². The van der Waals surface area contributed by atoms with Gasteiger partial charge in [-0.1, -0.05) is 40.7 Å². The van der Waals surface area contributed by atoms with Gasteiger partial charge in [-0.2, -0.15) is 0 Å². The van der Waals surface area contributed by atoms with Gasteiger partial charge in [-0.05, 0) is 26.3 Å². The van der Waals surface area contributed by atoms with E-state index in [1.165, 1.54) is 5.69 Å². The molecule has 2 atom stereocenters. The highest BCUT2D eigenvalue weighted by Crippen LogP contribution is 2.07. The minimum Gasteiger partial charge on any atom is -0.327 e. The van der Waals surface area contributed by atoms with Crippen LogP contribution in [0, 0.1) is 0 Å². The van der Waals surface area contributed by atoms with Crippen LogP contribution in [-0.4, -0.2) is 53.3 Å². The van der Waals surface area contributed by atoms with Crippen molar-refractivity contribution in [3.63, 3.8) is 0 Å². The first-order valence-electron chi connectivity index (χ1n) is 9.53. The molecule has 0 bridgehead atoms. The van der Waals surface area contributed by atoms with Gasteiger partial charge >= 0.3 is 0 Å². The molecule has 0 radical (unpaired) electrons. The molecule has 24 heavy (non-hydrogen) atoms. The molecule has 0 aliphatic carbocycles. The summed E-state index contributed by atoms with van der Waals surface area (Å²) in [6.07, 6.45) is 7.23. The Kier molecular flexibility index (Phi) is 12.3. The summed E-state index contributed by atoms with van der Waals surface area (Å²) >= 11 is 0. The molecule has 5 heteroatoms. The zero-order valence-corrected chi connectivity index (χ0v) is 17.1. The first-order valence-corrected chi connectivity index (χ1v) is 9.53. The van der Waals surface area contributed by atoms with Crippen LogP contribution in [0.5, 0.6) is 0 Å². The second kappa shape index (κ2) is 13.0. The van der Waals surface area contributed by atoms with Crippen molar-refractivity contribution in [3.8, 4) is 0 Å². The van der Waals surface area contributed by atoms with Gasteiger partial charge in [-0.3, -0.25) is 4.90 Å². The number of piperazine rings is 1. The summed E-state index contributed by atoms with van der Waals surface area (Å²) in [5.74, 6) is 0.973. The van der Waals surface area contributed by atoms with Crippen LogP contribution >= 0.6 is 0 Å². The van der Waals surface area contributed by atoms with Gasteiger partial charge in [0, 0.05) is 38.8 Å². The number of aryl methyl sites for hydroxylation is 1. The summed E-state index contributed by atoms with van der Waals surface area (Å²) in [5, 5.41) is 3.55. The maximum atomic E-state index is 4.45. The van der Waals surface area contributed by atoms with Gasteiger partial charge in [-0.25, -0.2) is 9.66 Å². The molecule has 1 fully saturated rings. The van der Waals surface area contributed by atoms with E-state index in [1.807, 2.05) is 45.6 Å². The van der Waals surface area contributed by atoms with E-state index in [4.69, 9.17) is 0 Å². The fourth-order valence-electron chi connectivity index (χ4n) is 2.92. The third-order valence-corrected chi connectivity index (χ3v) is 3.71. The lowest BCUT2D eigenvalue weighted by molar-refractivity contribution is 0.190. The second-order valence-electron chi connectivity index (χ2n) is 5.61. The number of imidazole rings is 1. The Hall–Kier alpha value is -1.33. The molecule has 1 saturated heterocycles. The van der Waals surface area contributed by atoms with Crippen LogP contribution in [0.4, 0.5) is 0 Å². The van der Waals surface area contributed by atoms with Crippen molar-refractivity contribution in [3.05, 3.63) is 23.8 Å². The molecule has 0 aromatic carbocycles. The van der Waals surface area contributed by atoms with Crippen molar-refractivity contribution in [2.24, 2.45) is 0 Å². The molecule has 0 saturated carbocycles. The van der Waals surface area contributed by atoms with E-state index in [2.05, 4.69) is 53.5 Å². The van der Waals surface area contributed by atoms with Crippen LogP contribution in [-0.2, 0) is 6.42 Å². The topological polar surface area (TPSA) is 45.1 Å². The van der Waals surface area contributed by atoms with E-state index in [0.29, 0.717) is 12.1 Å². The average molecular weight is 338 g/mol. The first-order chi connectivity index (χ1) is 11.6. The van der Waals surface area contributed by atoms with Crippen LogP contribution in [0.2, 0.25) is 0 Å². The zero-order valence-electron chi connectivity index (χ0n) is 17.1. The third-order valence-electron chi connectivity index (χ3n) is 3.71. The predicted molar refractivity (Wildman–Crippen MR) is 107 cm³/mol. The van der Waals surface area contributed by atoms with E-state index < -0.39 is 0 Å². The largest absolute Gasteiger partial charge is 0.327 e. The summed E-state index contributed by atoms with van der Waals surface area (Å²) in [6, 6.07) is 1.14. The van der Waals surface area contributed by atoms with E-state index in [0.717, 1.165) is 31.9 Å². The van der Waals surface area contributed by atoms with Crippen molar-refractivity contribution in [1.82, 2.24) is 19.9 Å². The first kappa shape index (κ1) is 22.7. The summed E-state index contributed by atoms with van der Waals surface area (Å²) in [6.45, 7) is 17.8. The molecule has 1 aromatic rings. The van der Waals surface area contributed by atoms with Crippen LogP contribution in [0.3, 0.4) is 0 Å². The molecule has 1 aromatic heterocycles. The Balaban J connectivity index is 0.00000123. The Labute approximate surface area is 149 Å². The fraction of sp³-hybridized carbons (Fsp3) is 0.737. The van der Waals surface area contributed by atoms with Gasteiger partial charge in [0.05, 0.1) is 11.9 Å². The maximum absolute atomic E-state index is 4.45. The molecule has 2 rings (SSSR count). The van der Waals surface area contributed by atoms with Gasteiger partial charge in [-0.15, -0.1) is 0 Å². The van der Waals surface area contributed by atoms with E-state index in [9.17, 15) is 0 Å². The lowest BCUT2D eigenvalue weighted by Crippen LogP contribution is -2.54. The SMILES string of the molecule is CC.CC.CCc1cnc(/C=C\CN2C[C@@H](C)N[C@@H](C)C2)n1NC. The monoisotopic (exact) mass is 337 g/mol.